The van der Waals surface area contributed by atoms with Crippen molar-refractivity contribution >= 4 is 45.6 Å². The number of allylic oxidation sites excluding steroid dienone is 2. The minimum atomic E-state index is -4.76. The van der Waals surface area contributed by atoms with Gasteiger partial charge in [0.2, 0.25) is 0 Å². The molecule has 0 heterocycles. The zero-order valence-corrected chi connectivity index (χ0v) is 35.8. The predicted molar refractivity (Wildman–Crippen MR) is 205 cm³/mol. The van der Waals surface area contributed by atoms with E-state index >= 15 is 0 Å². The molecule has 4 heteroatoms. The SMILES string of the molecule is C[Si](C)(C)c1ccc(-c2cccc3c2C=C[CH]3[Hf]([CH3])([CH3])([CH3])([CH3])(=[SiH2])[CH]2C=Cc3c(-c4ccc([Si](C)(C)C)cc4)cccc32)cc1. The van der Waals surface area contributed by atoms with Gasteiger partial charge in [-0.05, 0) is 0 Å². The Labute approximate surface area is 264 Å². The maximum absolute atomic E-state index is 4.76. The molecule has 0 bridgehead atoms. The van der Waals surface area contributed by atoms with Crippen molar-refractivity contribution < 1.29 is 14.2 Å². The molecule has 2 atom stereocenters. The van der Waals surface area contributed by atoms with E-state index in [1.54, 1.807) is 0 Å². The van der Waals surface area contributed by atoms with Gasteiger partial charge in [0, 0.05) is 0 Å². The zero-order chi connectivity index (χ0) is 32.0. The summed E-state index contributed by atoms with van der Waals surface area (Å²) in [5.41, 5.74) is 11.3. The first-order chi connectivity index (χ1) is 20.1. The van der Waals surface area contributed by atoms with E-state index in [0.29, 0.717) is 7.35 Å². The summed E-state index contributed by atoms with van der Waals surface area (Å²) < 4.78 is 11.8. The van der Waals surface area contributed by atoms with Crippen LogP contribution in [0, 0.1) is 0 Å². The van der Waals surface area contributed by atoms with Gasteiger partial charge >= 0.3 is 267 Å². The quantitative estimate of drug-likeness (QED) is 0.171. The average Bonchev–Trinajstić information content (AvgIpc) is 3.58. The summed E-state index contributed by atoms with van der Waals surface area (Å²) >= 11 is -4.76. The van der Waals surface area contributed by atoms with Gasteiger partial charge in [0.05, 0.1) is 0 Å². The number of rotatable bonds is 6. The molecule has 2 unspecified atom stereocenters. The van der Waals surface area contributed by atoms with E-state index in [1.807, 2.05) is 0 Å². The van der Waals surface area contributed by atoms with Crippen LogP contribution < -0.4 is 10.4 Å². The van der Waals surface area contributed by atoms with Crippen molar-refractivity contribution in [3.05, 3.63) is 119 Å². The van der Waals surface area contributed by atoms with E-state index in [9.17, 15) is 0 Å². The molecule has 0 aliphatic heterocycles. The van der Waals surface area contributed by atoms with E-state index < -0.39 is 30.3 Å². The molecule has 0 fully saturated rings. The second-order valence-electron chi connectivity index (χ2n) is 20.2. The summed E-state index contributed by atoms with van der Waals surface area (Å²) in [6.45, 7) is 17.0. The van der Waals surface area contributed by atoms with Crippen LogP contribution in [0.2, 0.25) is 58.0 Å². The number of hydrogen-bond acceptors (Lipinski definition) is 0. The predicted octanol–water partition coefficient (Wildman–Crippen LogP) is 10.4. The van der Waals surface area contributed by atoms with Crippen LogP contribution in [0.5, 0.6) is 0 Å². The molecule has 4 aromatic carbocycles. The molecule has 0 nitrogen and oxygen atoms in total. The molecule has 0 radical (unpaired) electrons. The Balaban J connectivity index is 1.44. The molecule has 4 aromatic rings. The van der Waals surface area contributed by atoms with Crippen LogP contribution in [0.15, 0.2) is 97.1 Å². The first-order valence-electron chi connectivity index (χ1n) is 16.5. The fourth-order valence-corrected chi connectivity index (χ4v) is 39.5. The molecule has 0 spiro atoms. The van der Waals surface area contributed by atoms with Crippen LogP contribution in [-0.4, -0.2) is 23.1 Å². The van der Waals surface area contributed by atoms with Crippen molar-refractivity contribution in [3.63, 3.8) is 0 Å². The third-order valence-electron chi connectivity index (χ3n) is 11.3. The van der Waals surface area contributed by atoms with Crippen LogP contribution in [0.3, 0.4) is 0 Å². The second kappa shape index (κ2) is 9.02. The minimum absolute atomic E-state index is 0.411. The molecular formula is C40H52HfSi3. The molecule has 2 aliphatic carbocycles. The third-order valence-corrected chi connectivity index (χ3v) is 49.8. The van der Waals surface area contributed by atoms with E-state index in [-0.39, 0.29) is 0 Å². The van der Waals surface area contributed by atoms with Gasteiger partial charge in [-0.2, -0.15) is 0 Å². The van der Waals surface area contributed by atoms with E-state index in [1.165, 1.54) is 54.9 Å². The molecule has 0 aromatic heterocycles. The van der Waals surface area contributed by atoms with Gasteiger partial charge < -0.3 is 0 Å². The van der Waals surface area contributed by atoms with E-state index in [2.05, 4.69) is 174 Å². The van der Waals surface area contributed by atoms with Gasteiger partial charge in [-0.25, -0.2) is 0 Å². The molecular weight excluding hydrogens is 743 g/mol. The van der Waals surface area contributed by atoms with Crippen molar-refractivity contribution in [1.29, 1.82) is 0 Å². The summed E-state index contributed by atoms with van der Waals surface area (Å²) in [5.74, 6) is 0. The Hall–Kier alpha value is -2.12. The summed E-state index contributed by atoms with van der Waals surface area (Å²) in [5, 5.41) is 3.04. The summed E-state index contributed by atoms with van der Waals surface area (Å²) in [7, 11) is -2.67. The van der Waals surface area contributed by atoms with Crippen LogP contribution >= 0.6 is 0 Å². The molecule has 0 saturated heterocycles. The Morgan fingerprint density at radius 2 is 0.841 bits per heavy atom. The maximum atomic E-state index is 2.74. The topological polar surface area (TPSA) is 0 Å². The van der Waals surface area contributed by atoms with E-state index in [0.717, 1.165) is 0 Å². The Bertz CT molecular complexity index is 1850. The molecule has 0 N–H and O–H groups in total. The van der Waals surface area contributed by atoms with Crippen molar-refractivity contribution in [1.82, 2.24) is 0 Å². The van der Waals surface area contributed by atoms with Gasteiger partial charge in [-0.1, -0.05) is 0 Å². The van der Waals surface area contributed by atoms with Crippen molar-refractivity contribution in [2.45, 2.75) is 65.4 Å². The molecule has 0 saturated carbocycles. The van der Waals surface area contributed by atoms with Gasteiger partial charge in [0.15, 0.2) is 0 Å². The molecule has 44 heavy (non-hydrogen) atoms. The van der Waals surface area contributed by atoms with Crippen molar-refractivity contribution in [3.8, 4) is 22.3 Å². The van der Waals surface area contributed by atoms with Gasteiger partial charge in [0.1, 0.15) is 0 Å². The summed E-state index contributed by atoms with van der Waals surface area (Å²) in [6.07, 6.45) is 10.1. The third kappa shape index (κ3) is 5.18. The first-order valence-corrected chi connectivity index (χ1v) is 50.4. The second-order valence-corrected chi connectivity index (χ2v) is 117. The first kappa shape index (κ1) is 31.8. The van der Waals surface area contributed by atoms with Crippen LogP contribution in [0.1, 0.15) is 29.6 Å². The Morgan fingerprint density at radius 3 is 1.16 bits per heavy atom. The fourth-order valence-electron chi connectivity index (χ4n) is 8.33. The van der Waals surface area contributed by atoms with E-state index in [4.69, 9.17) is 0 Å². The Morgan fingerprint density at radius 1 is 0.500 bits per heavy atom. The number of fused-ring (bicyclic) bond motifs is 2. The van der Waals surface area contributed by atoms with Gasteiger partial charge in [-0.3, -0.25) is 0 Å². The zero-order valence-electron chi connectivity index (χ0n) is 28.8. The van der Waals surface area contributed by atoms with Crippen LogP contribution in [0.4, 0.5) is 0 Å². The normalized spacial score (nSPS) is 20.4. The van der Waals surface area contributed by atoms with Crippen molar-refractivity contribution in [2.75, 3.05) is 0 Å². The van der Waals surface area contributed by atoms with Crippen molar-refractivity contribution in [2.24, 2.45) is 0 Å². The number of hydrogen-bond donors (Lipinski definition) is 0. The molecule has 228 valence electrons. The van der Waals surface area contributed by atoms with Gasteiger partial charge in [0.25, 0.3) is 0 Å². The monoisotopic (exact) mass is 796 g/mol. The summed E-state index contributed by atoms with van der Waals surface area (Å²) in [4.78, 5) is 0. The van der Waals surface area contributed by atoms with Crippen LogP contribution in [-0.2, 0) is 14.2 Å². The van der Waals surface area contributed by atoms with Crippen LogP contribution in [0.25, 0.3) is 34.4 Å². The molecule has 0 amide bonds. The number of benzene rings is 4. The standard InChI is InChI=1S/2C18H19Si.4CH3.Hf.H2Si/c2*1-19(2,3)16-12-10-15(11-13-16)18-9-5-7-14-6-4-8-17(14)18;;;;;;/h2*4-13H,1-3H3;4*1H3;;1H2. The average molecular weight is 796 g/mol. The Kier molecular flexibility index (Phi) is 6.53. The molecule has 2 aliphatic rings. The fraction of sp³-hybridized carbons (Fsp3) is 0.300. The molecule has 6 rings (SSSR count). The van der Waals surface area contributed by atoms with Gasteiger partial charge in [-0.15, -0.1) is 0 Å². The summed E-state index contributed by atoms with van der Waals surface area (Å²) in [6, 6.07) is 33.1.